The van der Waals surface area contributed by atoms with Gasteiger partial charge < -0.3 is 20.3 Å². The first-order valence-electron chi connectivity index (χ1n) is 8.68. The molecule has 1 heterocycles. The third-order valence-corrected chi connectivity index (χ3v) is 4.63. The summed E-state index contributed by atoms with van der Waals surface area (Å²) in [4.78, 5) is 49.1. The number of nitrogens with zero attached hydrogens (tertiary/aromatic N) is 1. The number of nitrogens with one attached hydrogen (secondary N) is 2. The van der Waals surface area contributed by atoms with Gasteiger partial charge in [-0.3, -0.25) is 14.4 Å². The molecule has 9 heteroatoms. The summed E-state index contributed by atoms with van der Waals surface area (Å²) in [6.07, 6.45) is 1.80. The minimum atomic E-state index is -0.646. The number of thiophene rings is 1. The quantitative estimate of drug-likeness (QED) is 0.683. The molecule has 0 radical (unpaired) electrons. The van der Waals surface area contributed by atoms with E-state index in [1.54, 1.807) is 12.1 Å². The van der Waals surface area contributed by atoms with E-state index in [2.05, 4.69) is 10.6 Å². The third-order valence-electron chi connectivity index (χ3n) is 3.65. The highest BCUT2D eigenvalue weighted by atomic mass is 32.1. The maximum absolute atomic E-state index is 12.1. The SMILES string of the molecule is CN(CC(=O)NC(C)(C)C)C(=O)COC(=O)c1ccc(NC(=O)C2CC2)s1. The summed E-state index contributed by atoms with van der Waals surface area (Å²) in [5.41, 5.74) is -0.390. The Hall–Kier alpha value is -2.42. The van der Waals surface area contributed by atoms with Crippen LogP contribution in [0.15, 0.2) is 12.1 Å². The van der Waals surface area contributed by atoms with Crippen molar-refractivity contribution in [2.24, 2.45) is 5.92 Å². The number of carbonyl (C=O) groups excluding carboxylic acids is 4. The van der Waals surface area contributed by atoms with Crippen molar-refractivity contribution in [3.05, 3.63) is 17.0 Å². The van der Waals surface area contributed by atoms with Crippen LogP contribution in [0, 0.1) is 5.92 Å². The molecule has 1 saturated carbocycles. The number of rotatable bonds is 7. The Morgan fingerprint density at radius 3 is 2.48 bits per heavy atom. The molecule has 27 heavy (non-hydrogen) atoms. The van der Waals surface area contributed by atoms with Gasteiger partial charge in [-0.25, -0.2) is 4.79 Å². The molecule has 3 amide bonds. The molecule has 2 N–H and O–H groups in total. The van der Waals surface area contributed by atoms with E-state index in [0.29, 0.717) is 9.88 Å². The maximum atomic E-state index is 12.1. The molecule has 148 valence electrons. The molecule has 8 nitrogen and oxygen atoms in total. The fraction of sp³-hybridized carbons (Fsp3) is 0.556. The summed E-state index contributed by atoms with van der Waals surface area (Å²) in [5, 5.41) is 6.08. The van der Waals surface area contributed by atoms with Gasteiger partial charge in [0.25, 0.3) is 5.91 Å². The van der Waals surface area contributed by atoms with Crippen molar-refractivity contribution in [2.45, 2.75) is 39.2 Å². The van der Waals surface area contributed by atoms with E-state index in [1.807, 2.05) is 20.8 Å². The second-order valence-electron chi connectivity index (χ2n) is 7.55. The fourth-order valence-corrected chi connectivity index (χ4v) is 2.96. The first kappa shape index (κ1) is 20.9. The largest absolute Gasteiger partial charge is 0.451 e. The Bertz CT molecular complexity index is 734. The lowest BCUT2D eigenvalue weighted by molar-refractivity contribution is -0.137. The molecule has 0 aromatic carbocycles. The predicted molar refractivity (Wildman–Crippen MR) is 101 cm³/mol. The van der Waals surface area contributed by atoms with Gasteiger partial charge in [-0.1, -0.05) is 0 Å². The zero-order valence-electron chi connectivity index (χ0n) is 16.0. The van der Waals surface area contributed by atoms with Crippen LogP contribution in [0.2, 0.25) is 0 Å². The molecule has 2 rings (SSSR count). The van der Waals surface area contributed by atoms with Gasteiger partial charge in [0, 0.05) is 18.5 Å². The number of amides is 3. The second-order valence-corrected chi connectivity index (χ2v) is 8.64. The van der Waals surface area contributed by atoms with Gasteiger partial charge in [0.2, 0.25) is 11.8 Å². The first-order valence-corrected chi connectivity index (χ1v) is 9.49. The smallest absolute Gasteiger partial charge is 0.348 e. The first-order chi connectivity index (χ1) is 12.5. The van der Waals surface area contributed by atoms with Gasteiger partial charge >= 0.3 is 5.97 Å². The number of esters is 1. The van der Waals surface area contributed by atoms with Crippen molar-refractivity contribution in [3.8, 4) is 0 Å². The summed E-state index contributed by atoms with van der Waals surface area (Å²) in [7, 11) is 1.47. The van der Waals surface area contributed by atoms with Crippen LogP contribution in [0.4, 0.5) is 5.00 Å². The molecule has 1 aliphatic carbocycles. The van der Waals surface area contributed by atoms with E-state index >= 15 is 0 Å². The Kier molecular flexibility index (Phi) is 6.59. The highest BCUT2D eigenvalue weighted by Gasteiger charge is 2.30. The van der Waals surface area contributed by atoms with Crippen LogP contribution in [0.1, 0.15) is 43.3 Å². The number of anilines is 1. The van der Waals surface area contributed by atoms with Crippen LogP contribution >= 0.6 is 11.3 Å². The topological polar surface area (TPSA) is 105 Å². The molecule has 0 unspecified atom stereocenters. The van der Waals surface area contributed by atoms with Crippen LogP contribution in [0.3, 0.4) is 0 Å². The summed E-state index contributed by atoms with van der Waals surface area (Å²) in [6, 6.07) is 3.17. The number of hydrogen-bond donors (Lipinski definition) is 2. The van der Waals surface area contributed by atoms with E-state index in [9.17, 15) is 19.2 Å². The molecule has 1 fully saturated rings. The van der Waals surface area contributed by atoms with Gasteiger partial charge in [0.15, 0.2) is 6.61 Å². The van der Waals surface area contributed by atoms with Crippen LogP contribution in [-0.2, 0) is 19.1 Å². The molecule has 0 aliphatic heterocycles. The minimum absolute atomic E-state index is 0.0397. The zero-order valence-corrected chi connectivity index (χ0v) is 16.8. The lowest BCUT2D eigenvalue weighted by Crippen LogP contribution is -2.46. The second kappa shape index (κ2) is 8.51. The molecule has 0 spiro atoms. The van der Waals surface area contributed by atoms with E-state index in [-0.39, 0.29) is 29.8 Å². The third kappa shape index (κ3) is 7.01. The molecular formula is C18H25N3O5S. The van der Waals surface area contributed by atoms with Gasteiger partial charge in [-0.05, 0) is 45.7 Å². The van der Waals surface area contributed by atoms with Crippen molar-refractivity contribution in [3.63, 3.8) is 0 Å². The van der Waals surface area contributed by atoms with Gasteiger partial charge in [-0.15, -0.1) is 11.3 Å². The molecule has 0 atom stereocenters. The lowest BCUT2D eigenvalue weighted by Gasteiger charge is -2.23. The van der Waals surface area contributed by atoms with Crippen molar-refractivity contribution < 1.29 is 23.9 Å². The average molecular weight is 395 g/mol. The van der Waals surface area contributed by atoms with Crippen molar-refractivity contribution in [1.82, 2.24) is 10.2 Å². The summed E-state index contributed by atoms with van der Waals surface area (Å²) >= 11 is 1.10. The zero-order chi connectivity index (χ0) is 20.2. The average Bonchev–Trinajstić information content (AvgIpc) is 3.30. The summed E-state index contributed by atoms with van der Waals surface area (Å²) in [6.45, 7) is 4.95. The van der Waals surface area contributed by atoms with Gasteiger partial charge in [0.1, 0.15) is 4.88 Å². The number of carbonyl (C=O) groups is 4. The van der Waals surface area contributed by atoms with E-state index < -0.39 is 18.5 Å². The van der Waals surface area contributed by atoms with Crippen LogP contribution in [-0.4, -0.2) is 54.3 Å². The fourth-order valence-electron chi connectivity index (χ4n) is 2.15. The van der Waals surface area contributed by atoms with Crippen molar-refractivity contribution in [2.75, 3.05) is 25.5 Å². The summed E-state index contributed by atoms with van der Waals surface area (Å²) < 4.78 is 5.01. The van der Waals surface area contributed by atoms with E-state index in [1.165, 1.54) is 11.9 Å². The Labute approximate surface area is 162 Å². The van der Waals surface area contributed by atoms with Crippen LogP contribution < -0.4 is 10.6 Å². The Balaban J connectivity index is 1.77. The Morgan fingerprint density at radius 2 is 1.89 bits per heavy atom. The number of likely N-dealkylation sites (N-methyl/N-ethyl adjacent to an activating group) is 1. The van der Waals surface area contributed by atoms with Crippen molar-refractivity contribution >= 4 is 40.0 Å². The van der Waals surface area contributed by atoms with E-state index in [4.69, 9.17) is 4.74 Å². The molecule has 0 saturated heterocycles. The molecule has 1 aromatic rings. The minimum Gasteiger partial charge on any atom is -0.451 e. The predicted octanol–water partition coefficient (Wildman–Crippen LogP) is 1.63. The Morgan fingerprint density at radius 1 is 1.22 bits per heavy atom. The number of hydrogen-bond acceptors (Lipinski definition) is 6. The summed E-state index contributed by atoms with van der Waals surface area (Å²) in [5.74, 6) is -1.38. The molecular weight excluding hydrogens is 370 g/mol. The van der Waals surface area contributed by atoms with Gasteiger partial charge in [-0.2, -0.15) is 0 Å². The molecule has 1 aliphatic rings. The van der Waals surface area contributed by atoms with Gasteiger partial charge in [0.05, 0.1) is 11.5 Å². The normalized spacial score (nSPS) is 13.6. The highest BCUT2D eigenvalue weighted by molar-refractivity contribution is 7.18. The maximum Gasteiger partial charge on any atom is 0.348 e. The molecule has 0 bridgehead atoms. The lowest BCUT2D eigenvalue weighted by atomic mass is 10.1. The van der Waals surface area contributed by atoms with Crippen LogP contribution in [0.25, 0.3) is 0 Å². The number of ether oxygens (including phenoxy) is 1. The highest BCUT2D eigenvalue weighted by Crippen LogP contribution is 2.31. The molecule has 1 aromatic heterocycles. The standard InChI is InChI=1S/C18H25N3O5S/c1-18(2,3)20-13(22)9-21(4)15(23)10-26-17(25)12-7-8-14(27-12)19-16(24)11-5-6-11/h7-8,11H,5-6,9-10H2,1-4H3,(H,19,24)(H,20,22). The van der Waals surface area contributed by atoms with E-state index in [0.717, 1.165) is 24.2 Å². The van der Waals surface area contributed by atoms with Crippen LogP contribution in [0.5, 0.6) is 0 Å². The monoisotopic (exact) mass is 395 g/mol. The van der Waals surface area contributed by atoms with Crippen molar-refractivity contribution in [1.29, 1.82) is 0 Å².